The number of aliphatic hydroxyl groups is 1. The number of ether oxygens (including phenoxy) is 2. The maximum atomic E-state index is 13.0. The van der Waals surface area contributed by atoms with Crippen molar-refractivity contribution in [2.24, 2.45) is 0 Å². The lowest BCUT2D eigenvalue weighted by Crippen LogP contribution is -2.43. The highest BCUT2D eigenvalue weighted by Gasteiger charge is 2.32. The average molecular weight is 242 g/mol. The highest BCUT2D eigenvalue weighted by molar-refractivity contribution is 5.28. The molecule has 0 aromatic heterocycles. The fourth-order valence-corrected chi connectivity index (χ4v) is 1.93. The van der Waals surface area contributed by atoms with Gasteiger partial charge in [0, 0.05) is 20.6 Å². The molecule has 1 aromatic carbocycles. The molecule has 0 heterocycles. The summed E-state index contributed by atoms with van der Waals surface area (Å²) in [5, 5.41) is 10.3. The lowest BCUT2D eigenvalue weighted by atomic mass is 9.93. The summed E-state index contributed by atoms with van der Waals surface area (Å²) >= 11 is 0. The van der Waals surface area contributed by atoms with Gasteiger partial charge in [0.25, 0.3) is 0 Å². The second kappa shape index (κ2) is 5.58. The lowest BCUT2D eigenvalue weighted by Gasteiger charge is -2.31. The molecule has 0 aliphatic carbocycles. The van der Waals surface area contributed by atoms with Gasteiger partial charge in [0.1, 0.15) is 11.4 Å². The largest absolute Gasteiger partial charge is 0.385 e. The smallest absolute Gasteiger partial charge is 0.185 e. The van der Waals surface area contributed by atoms with Gasteiger partial charge in [-0.2, -0.15) is 0 Å². The molecule has 17 heavy (non-hydrogen) atoms. The molecule has 0 bridgehead atoms. The summed E-state index contributed by atoms with van der Waals surface area (Å²) in [6.07, 6.45) is -0.377. The maximum absolute atomic E-state index is 13.0. The predicted molar refractivity (Wildman–Crippen MR) is 63.3 cm³/mol. The van der Waals surface area contributed by atoms with Crippen LogP contribution in [0.4, 0.5) is 4.39 Å². The Hall–Kier alpha value is -0.970. The second-order valence-electron chi connectivity index (χ2n) is 4.41. The first-order chi connectivity index (χ1) is 7.90. The van der Waals surface area contributed by atoms with E-state index in [0.29, 0.717) is 6.42 Å². The number of hydrogen-bond donors (Lipinski definition) is 1. The fourth-order valence-electron chi connectivity index (χ4n) is 1.93. The van der Waals surface area contributed by atoms with E-state index in [-0.39, 0.29) is 5.82 Å². The SMILES string of the molecule is COC(OC)C(C)(O)Cc1ccc(F)cc1C. The Morgan fingerprint density at radius 1 is 1.35 bits per heavy atom. The zero-order valence-electron chi connectivity index (χ0n) is 10.7. The van der Waals surface area contributed by atoms with Crippen molar-refractivity contribution in [3.8, 4) is 0 Å². The molecule has 1 N–H and O–H groups in total. The third-order valence-corrected chi connectivity index (χ3v) is 2.79. The van der Waals surface area contributed by atoms with E-state index < -0.39 is 11.9 Å². The Labute approximate surface area is 101 Å². The molecule has 4 heteroatoms. The van der Waals surface area contributed by atoms with Gasteiger partial charge in [-0.15, -0.1) is 0 Å². The molecule has 1 atom stereocenters. The molecule has 0 aliphatic heterocycles. The van der Waals surface area contributed by atoms with E-state index in [1.54, 1.807) is 13.0 Å². The molecule has 0 amide bonds. The minimum absolute atomic E-state index is 0.277. The molecule has 3 nitrogen and oxygen atoms in total. The Balaban J connectivity index is 2.89. The second-order valence-corrected chi connectivity index (χ2v) is 4.41. The third kappa shape index (κ3) is 3.49. The molecule has 1 aromatic rings. The van der Waals surface area contributed by atoms with Gasteiger partial charge in [0.2, 0.25) is 0 Å². The summed E-state index contributed by atoms with van der Waals surface area (Å²) < 4.78 is 23.1. The number of methoxy groups -OCH3 is 2. The number of aryl methyl sites for hydroxylation is 1. The minimum Gasteiger partial charge on any atom is -0.385 e. The number of hydrogen-bond acceptors (Lipinski definition) is 3. The van der Waals surface area contributed by atoms with Crippen molar-refractivity contribution >= 4 is 0 Å². The van der Waals surface area contributed by atoms with Crippen molar-refractivity contribution in [3.63, 3.8) is 0 Å². The third-order valence-electron chi connectivity index (χ3n) is 2.79. The normalized spacial score (nSPS) is 15.0. The molecule has 0 spiro atoms. The van der Waals surface area contributed by atoms with Gasteiger partial charge in [-0.05, 0) is 37.1 Å². The van der Waals surface area contributed by atoms with Crippen LogP contribution in [0.3, 0.4) is 0 Å². The van der Waals surface area contributed by atoms with Crippen molar-refractivity contribution in [2.45, 2.75) is 32.2 Å². The summed E-state index contributed by atoms with van der Waals surface area (Å²) in [7, 11) is 2.94. The zero-order valence-corrected chi connectivity index (χ0v) is 10.7. The summed E-state index contributed by atoms with van der Waals surface area (Å²) in [5.74, 6) is -0.277. The van der Waals surface area contributed by atoms with E-state index in [1.165, 1.54) is 26.4 Å². The fraction of sp³-hybridized carbons (Fsp3) is 0.538. The molecule has 0 aliphatic rings. The summed E-state index contributed by atoms with van der Waals surface area (Å²) in [6, 6.07) is 4.49. The number of halogens is 1. The molecule has 1 unspecified atom stereocenters. The zero-order chi connectivity index (χ0) is 13.1. The van der Waals surface area contributed by atoms with E-state index in [4.69, 9.17) is 9.47 Å². The van der Waals surface area contributed by atoms with Crippen molar-refractivity contribution < 1.29 is 19.0 Å². The standard InChI is InChI=1S/C13H19FO3/c1-9-7-11(14)6-5-10(9)8-13(2,15)12(16-3)17-4/h5-7,12,15H,8H2,1-4H3. The Bertz CT molecular complexity index is 373. The van der Waals surface area contributed by atoms with E-state index in [2.05, 4.69) is 0 Å². The quantitative estimate of drug-likeness (QED) is 0.803. The van der Waals surface area contributed by atoms with Gasteiger partial charge in [-0.3, -0.25) is 0 Å². The van der Waals surface area contributed by atoms with E-state index in [1.807, 2.05) is 6.92 Å². The average Bonchev–Trinajstić information content (AvgIpc) is 2.23. The van der Waals surface area contributed by atoms with E-state index in [9.17, 15) is 9.50 Å². The van der Waals surface area contributed by atoms with Crippen LogP contribution < -0.4 is 0 Å². The molecule has 0 radical (unpaired) electrons. The summed E-state index contributed by atoms with van der Waals surface area (Å²) in [4.78, 5) is 0. The van der Waals surface area contributed by atoms with E-state index in [0.717, 1.165) is 11.1 Å². The van der Waals surface area contributed by atoms with Crippen molar-refractivity contribution in [1.29, 1.82) is 0 Å². The predicted octanol–water partition coefficient (Wildman–Crippen LogP) is 2.05. The van der Waals surface area contributed by atoms with Crippen LogP contribution in [-0.2, 0) is 15.9 Å². The van der Waals surface area contributed by atoms with Crippen LogP contribution in [0.5, 0.6) is 0 Å². The monoisotopic (exact) mass is 242 g/mol. The van der Waals surface area contributed by atoms with Crippen molar-refractivity contribution in [3.05, 3.63) is 35.1 Å². The summed E-state index contributed by atoms with van der Waals surface area (Å²) in [6.45, 7) is 3.44. The van der Waals surface area contributed by atoms with Crippen LogP contribution in [0.15, 0.2) is 18.2 Å². The van der Waals surface area contributed by atoms with Crippen molar-refractivity contribution in [2.75, 3.05) is 14.2 Å². The van der Waals surface area contributed by atoms with Gasteiger partial charge in [0.15, 0.2) is 6.29 Å². The molecule has 96 valence electrons. The minimum atomic E-state index is -1.16. The highest BCUT2D eigenvalue weighted by atomic mass is 19.1. The Morgan fingerprint density at radius 2 is 1.94 bits per heavy atom. The van der Waals surface area contributed by atoms with Crippen LogP contribution in [0, 0.1) is 12.7 Å². The molecular formula is C13H19FO3. The van der Waals surface area contributed by atoms with Gasteiger partial charge in [-0.1, -0.05) is 6.07 Å². The van der Waals surface area contributed by atoms with Crippen LogP contribution in [0.2, 0.25) is 0 Å². The molecule has 0 fully saturated rings. The first-order valence-corrected chi connectivity index (χ1v) is 5.43. The van der Waals surface area contributed by atoms with Crippen LogP contribution in [0.25, 0.3) is 0 Å². The molecule has 0 saturated carbocycles. The summed E-state index contributed by atoms with van der Waals surface area (Å²) in [5.41, 5.74) is 0.512. The highest BCUT2D eigenvalue weighted by Crippen LogP contribution is 2.22. The van der Waals surface area contributed by atoms with Gasteiger partial charge >= 0.3 is 0 Å². The van der Waals surface area contributed by atoms with Crippen LogP contribution in [-0.4, -0.2) is 31.2 Å². The Morgan fingerprint density at radius 3 is 2.41 bits per heavy atom. The number of benzene rings is 1. The Kier molecular flexibility index (Phi) is 4.62. The van der Waals surface area contributed by atoms with Gasteiger partial charge in [-0.25, -0.2) is 4.39 Å². The van der Waals surface area contributed by atoms with Gasteiger partial charge in [0.05, 0.1) is 0 Å². The topological polar surface area (TPSA) is 38.7 Å². The maximum Gasteiger partial charge on any atom is 0.185 e. The first kappa shape index (κ1) is 14.1. The van der Waals surface area contributed by atoms with Crippen LogP contribution >= 0.6 is 0 Å². The molecule has 1 rings (SSSR count). The van der Waals surface area contributed by atoms with E-state index >= 15 is 0 Å². The number of rotatable bonds is 5. The first-order valence-electron chi connectivity index (χ1n) is 5.43. The van der Waals surface area contributed by atoms with Gasteiger partial charge < -0.3 is 14.6 Å². The molecule has 0 saturated heterocycles. The van der Waals surface area contributed by atoms with Crippen LogP contribution in [0.1, 0.15) is 18.1 Å². The molecular weight excluding hydrogens is 223 g/mol. The van der Waals surface area contributed by atoms with Crippen molar-refractivity contribution in [1.82, 2.24) is 0 Å². The lowest BCUT2D eigenvalue weighted by molar-refractivity contribution is -0.207.